The van der Waals surface area contributed by atoms with Crippen molar-refractivity contribution in [2.75, 3.05) is 26.3 Å². The molecule has 1 fully saturated rings. The van der Waals surface area contributed by atoms with Crippen molar-refractivity contribution in [2.24, 2.45) is 0 Å². The van der Waals surface area contributed by atoms with Crippen molar-refractivity contribution in [2.45, 2.75) is 25.3 Å². The molecule has 3 aromatic rings. The topological polar surface area (TPSA) is 77.3 Å². The van der Waals surface area contributed by atoms with Crippen molar-refractivity contribution in [1.82, 2.24) is 19.1 Å². The number of aromatic nitrogens is 3. The number of morpholine rings is 1. The molecule has 0 saturated carbocycles. The largest absolute Gasteiger partial charge is 0.379 e. The third-order valence-electron chi connectivity index (χ3n) is 4.92. The summed E-state index contributed by atoms with van der Waals surface area (Å²) in [5, 5.41) is 5.58. The normalized spacial score (nSPS) is 16.1. The highest BCUT2D eigenvalue weighted by molar-refractivity contribution is 7.89. The van der Waals surface area contributed by atoms with Crippen LogP contribution in [0.3, 0.4) is 0 Å². The van der Waals surface area contributed by atoms with Crippen LogP contribution in [-0.2, 0) is 21.3 Å². The molecule has 142 valence electrons. The quantitative estimate of drug-likeness (QED) is 0.686. The van der Waals surface area contributed by atoms with Crippen molar-refractivity contribution in [3.05, 3.63) is 53.5 Å². The third kappa shape index (κ3) is 3.24. The zero-order chi connectivity index (χ0) is 19.0. The highest BCUT2D eigenvalue weighted by atomic mass is 32.2. The lowest BCUT2D eigenvalue weighted by atomic mass is 10.1. The Morgan fingerprint density at radius 2 is 1.85 bits per heavy atom. The molecule has 1 aromatic carbocycles. The van der Waals surface area contributed by atoms with Crippen LogP contribution >= 0.6 is 0 Å². The first-order chi connectivity index (χ1) is 13.0. The molecule has 0 amide bonds. The van der Waals surface area contributed by atoms with Crippen LogP contribution in [0.1, 0.15) is 17.0 Å². The van der Waals surface area contributed by atoms with Gasteiger partial charge in [-0.2, -0.15) is 9.40 Å². The van der Waals surface area contributed by atoms with E-state index in [1.165, 1.54) is 4.31 Å². The molecule has 4 rings (SSSR count). The first kappa shape index (κ1) is 18.1. The van der Waals surface area contributed by atoms with Gasteiger partial charge < -0.3 is 4.74 Å². The minimum atomic E-state index is -3.58. The van der Waals surface area contributed by atoms with Gasteiger partial charge in [-0.05, 0) is 25.5 Å². The Labute approximate surface area is 158 Å². The van der Waals surface area contributed by atoms with E-state index in [2.05, 4.69) is 10.1 Å². The van der Waals surface area contributed by atoms with E-state index in [-0.39, 0.29) is 0 Å². The number of hydrogen-bond donors (Lipinski definition) is 0. The molecule has 2 aromatic heterocycles. The fraction of sp³-hybridized carbons (Fsp3) is 0.368. The number of nitrogens with zero attached hydrogens (tertiary/aromatic N) is 4. The van der Waals surface area contributed by atoms with Crippen LogP contribution in [0.15, 0.2) is 41.4 Å². The maximum Gasteiger partial charge on any atom is 0.246 e. The van der Waals surface area contributed by atoms with Gasteiger partial charge in [-0.1, -0.05) is 24.3 Å². The lowest BCUT2D eigenvalue weighted by Gasteiger charge is -2.26. The number of aryl methyl sites for hydroxylation is 1. The summed E-state index contributed by atoms with van der Waals surface area (Å²) in [6.45, 7) is 5.63. The fourth-order valence-electron chi connectivity index (χ4n) is 3.58. The SMILES string of the molecule is Cc1nn(Cc2cccc3cccnc23)c(C)c1S(=O)(=O)N1CCOCC1. The predicted molar refractivity (Wildman–Crippen MR) is 102 cm³/mol. The van der Waals surface area contributed by atoms with Crippen LogP contribution in [-0.4, -0.2) is 53.8 Å². The van der Waals surface area contributed by atoms with Gasteiger partial charge in [0.2, 0.25) is 10.0 Å². The molecule has 1 saturated heterocycles. The van der Waals surface area contributed by atoms with Gasteiger partial charge in [-0.3, -0.25) is 9.67 Å². The maximum absolute atomic E-state index is 13.1. The van der Waals surface area contributed by atoms with Gasteiger partial charge in [0.15, 0.2) is 0 Å². The van der Waals surface area contributed by atoms with E-state index < -0.39 is 10.0 Å². The Kier molecular flexibility index (Phi) is 4.71. The Morgan fingerprint density at radius 3 is 2.63 bits per heavy atom. The predicted octanol–water partition coefficient (Wildman–Crippen LogP) is 2.12. The molecule has 3 heterocycles. The summed E-state index contributed by atoms with van der Waals surface area (Å²) >= 11 is 0. The van der Waals surface area contributed by atoms with Gasteiger partial charge in [0, 0.05) is 24.7 Å². The van der Waals surface area contributed by atoms with E-state index in [4.69, 9.17) is 4.74 Å². The van der Waals surface area contributed by atoms with Gasteiger partial charge in [0.05, 0.1) is 36.7 Å². The number of rotatable bonds is 4. The first-order valence-corrected chi connectivity index (χ1v) is 10.4. The van der Waals surface area contributed by atoms with Gasteiger partial charge in [-0.15, -0.1) is 0 Å². The van der Waals surface area contributed by atoms with Gasteiger partial charge in [-0.25, -0.2) is 8.42 Å². The summed E-state index contributed by atoms with van der Waals surface area (Å²) in [7, 11) is -3.58. The molecule has 1 aliphatic heterocycles. The van der Waals surface area contributed by atoms with Crippen molar-refractivity contribution in [3.8, 4) is 0 Å². The average molecular weight is 386 g/mol. The summed E-state index contributed by atoms with van der Waals surface area (Å²) in [5.41, 5.74) is 3.08. The highest BCUT2D eigenvalue weighted by Gasteiger charge is 2.32. The van der Waals surface area contributed by atoms with E-state index >= 15 is 0 Å². The maximum atomic E-state index is 13.1. The molecule has 0 aliphatic carbocycles. The molecule has 1 aliphatic rings. The minimum Gasteiger partial charge on any atom is -0.379 e. The Balaban J connectivity index is 1.73. The van der Waals surface area contributed by atoms with Crippen LogP contribution < -0.4 is 0 Å². The molecule has 7 nitrogen and oxygen atoms in total. The monoisotopic (exact) mass is 386 g/mol. The lowest BCUT2D eigenvalue weighted by Crippen LogP contribution is -2.41. The second-order valence-corrected chi connectivity index (χ2v) is 8.54. The molecule has 0 bridgehead atoms. The molecular weight excluding hydrogens is 364 g/mol. The number of para-hydroxylation sites is 1. The number of hydrogen-bond acceptors (Lipinski definition) is 5. The summed E-state index contributed by atoms with van der Waals surface area (Å²) in [5.74, 6) is 0. The van der Waals surface area contributed by atoms with Crippen molar-refractivity contribution in [1.29, 1.82) is 0 Å². The Morgan fingerprint density at radius 1 is 1.11 bits per heavy atom. The Hall–Kier alpha value is -2.29. The van der Waals surface area contributed by atoms with E-state index in [9.17, 15) is 8.42 Å². The van der Waals surface area contributed by atoms with E-state index in [0.29, 0.717) is 49.1 Å². The minimum absolute atomic E-state index is 0.303. The number of pyridine rings is 1. The van der Waals surface area contributed by atoms with Crippen LogP contribution in [0, 0.1) is 13.8 Å². The van der Waals surface area contributed by atoms with Crippen LogP contribution in [0.25, 0.3) is 10.9 Å². The summed E-state index contributed by atoms with van der Waals surface area (Å²) in [6.07, 6.45) is 1.77. The summed E-state index contributed by atoms with van der Waals surface area (Å²) < 4.78 is 34.7. The van der Waals surface area contributed by atoms with Gasteiger partial charge >= 0.3 is 0 Å². The zero-order valence-corrected chi connectivity index (χ0v) is 16.2. The smallest absolute Gasteiger partial charge is 0.246 e. The Bertz CT molecular complexity index is 1080. The fourth-order valence-corrected chi connectivity index (χ4v) is 5.36. The lowest BCUT2D eigenvalue weighted by molar-refractivity contribution is 0.0730. The zero-order valence-electron chi connectivity index (χ0n) is 15.4. The van der Waals surface area contributed by atoms with Crippen LogP contribution in [0.2, 0.25) is 0 Å². The molecule has 0 unspecified atom stereocenters. The van der Waals surface area contributed by atoms with Crippen LogP contribution in [0.5, 0.6) is 0 Å². The number of ether oxygens (including phenoxy) is 1. The molecule has 27 heavy (non-hydrogen) atoms. The van der Waals surface area contributed by atoms with E-state index in [0.717, 1.165) is 16.5 Å². The van der Waals surface area contributed by atoms with E-state index in [1.807, 2.05) is 37.3 Å². The van der Waals surface area contributed by atoms with Gasteiger partial charge in [0.25, 0.3) is 0 Å². The first-order valence-electron chi connectivity index (χ1n) is 8.93. The third-order valence-corrected chi connectivity index (χ3v) is 7.07. The molecule has 8 heteroatoms. The number of benzene rings is 1. The molecule has 0 spiro atoms. The highest BCUT2D eigenvalue weighted by Crippen LogP contribution is 2.25. The van der Waals surface area contributed by atoms with Crippen molar-refractivity contribution >= 4 is 20.9 Å². The second-order valence-electron chi connectivity index (χ2n) is 6.67. The average Bonchev–Trinajstić information content (AvgIpc) is 2.96. The van der Waals surface area contributed by atoms with Crippen molar-refractivity contribution in [3.63, 3.8) is 0 Å². The number of sulfonamides is 1. The van der Waals surface area contributed by atoms with Gasteiger partial charge in [0.1, 0.15) is 4.90 Å². The summed E-state index contributed by atoms with van der Waals surface area (Å²) in [6, 6.07) is 9.92. The molecule has 0 N–H and O–H groups in total. The molecular formula is C19H22N4O3S. The molecule has 0 radical (unpaired) electrons. The van der Waals surface area contributed by atoms with E-state index in [1.54, 1.807) is 17.8 Å². The van der Waals surface area contributed by atoms with Crippen molar-refractivity contribution < 1.29 is 13.2 Å². The second kappa shape index (κ2) is 7.03. The molecule has 0 atom stereocenters. The number of fused-ring (bicyclic) bond motifs is 1. The van der Waals surface area contributed by atoms with Crippen LogP contribution in [0.4, 0.5) is 0 Å². The summed E-state index contributed by atoms with van der Waals surface area (Å²) in [4.78, 5) is 4.78. The standard InChI is InChI=1S/C19H22N4O3S/c1-14-19(27(24,25)22-9-11-26-12-10-22)15(2)23(21-14)13-17-6-3-5-16-7-4-8-20-18(16)17/h3-8H,9-13H2,1-2H3.